The minimum Gasteiger partial charge on any atom is -0.358 e. The van der Waals surface area contributed by atoms with Gasteiger partial charge in [0.2, 0.25) is 11.8 Å². The maximum absolute atomic E-state index is 12.0. The van der Waals surface area contributed by atoms with Gasteiger partial charge in [0.05, 0.1) is 18.8 Å². The molecule has 0 aliphatic heterocycles. The van der Waals surface area contributed by atoms with Gasteiger partial charge in [0.25, 0.3) is 0 Å². The normalized spacial score (nSPS) is 10.7. The third-order valence-electron chi connectivity index (χ3n) is 3.64. The molecular weight excluding hydrogens is 336 g/mol. The summed E-state index contributed by atoms with van der Waals surface area (Å²) in [6, 6.07) is 8.35. The van der Waals surface area contributed by atoms with Crippen LogP contribution in [0.2, 0.25) is 0 Å². The summed E-state index contributed by atoms with van der Waals surface area (Å²) < 4.78 is 0. The Morgan fingerprint density at radius 1 is 1.16 bits per heavy atom. The number of nitrogens with one attached hydrogen (secondary N) is 2. The molecule has 0 saturated heterocycles. The van der Waals surface area contributed by atoms with Crippen LogP contribution in [-0.4, -0.2) is 48.9 Å². The van der Waals surface area contributed by atoms with E-state index in [2.05, 4.69) is 46.8 Å². The van der Waals surface area contributed by atoms with Crippen LogP contribution < -0.4 is 10.6 Å². The highest BCUT2D eigenvalue weighted by Crippen LogP contribution is 2.25. The summed E-state index contributed by atoms with van der Waals surface area (Å²) in [6.07, 6.45) is 2.20. The van der Waals surface area contributed by atoms with Crippen molar-refractivity contribution in [2.24, 2.45) is 0 Å². The zero-order valence-electron chi connectivity index (χ0n) is 14.8. The van der Waals surface area contributed by atoms with Crippen LogP contribution in [0.15, 0.2) is 29.6 Å². The first-order chi connectivity index (χ1) is 12.0. The molecule has 0 radical (unpaired) electrons. The molecule has 2 N–H and O–H groups in total. The van der Waals surface area contributed by atoms with E-state index >= 15 is 0 Å². The molecule has 1 aromatic heterocycles. The predicted octanol–water partition coefficient (Wildman–Crippen LogP) is 2.38. The third-order valence-corrected chi connectivity index (χ3v) is 4.40. The van der Waals surface area contributed by atoms with Crippen molar-refractivity contribution < 1.29 is 9.59 Å². The number of aryl methyl sites for hydroxylation is 1. The van der Waals surface area contributed by atoms with Gasteiger partial charge in [-0.1, -0.05) is 37.6 Å². The average molecular weight is 360 g/mol. The first kappa shape index (κ1) is 19.1. The number of amides is 2. The van der Waals surface area contributed by atoms with Crippen molar-refractivity contribution >= 4 is 28.3 Å². The molecule has 0 unspecified atom stereocenters. The highest BCUT2D eigenvalue weighted by molar-refractivity contribution is 7.14. The van der Waals surface area contributed by atoms with E-state index in [0.29, 0.717) is 5.13 Å². The second-order valence-electron chi connectivity index (χ2n) is 5.88. The highest BCUT2D eigenvalue weighted by atomic mass is 32.1. The SMILES string of the molecule is CCCc1ccc(-c2csc(NC(=O)CN(C)CC(=O)NC)n2)cc1. The van der Waals surface area contributed by atoms with E-state index < -0.39 is 0 Å². The molecule has 2 rings (SSSR count). The van der Waals surface area contributed by atoms with Gasteiger partial charge in [0.1, 0.15) is 0 Å². The molecule has 134 valence electrons. The summed E-state index contributed by atoms with van der Waals surface area (Å²) in [7, 11) is 3.29. The second-order valence-corrected chi connectivity index (χ2v) is 6.74. The molecule has 0 bridgehead atoms. The quantitative estimate of drug-likeness (QED) is 0.758. The average Bonchev–Trinajstić information content (AvgIpc) is 3.03. The van der Waals surface area contributed by atoms with Crippen molar-refractivity contribution in [3.05, 3.63) is 35.2 Å². The lowest BCUT2D eigenvalue weighted by Gasteiger charge is -2.14. The molecule has 2 aromatic rings. The summed E-state index contributed by atoms with van der Waals surface area (Å²) in [5.41, 5.74) is 3.20. The van der Waals surface area contributed by atoms with Gasteiger partial charge in [-0.3, -0.25) is 14.5 Å². The lowest BCUT2D eigenvalue weighted by Crippen LogP contribution is -2.37. The Bertz CT molecular complexity index is 712. The minimum absolute atomic E-state index is 0.127. The van der Waals surface area contributed by atoms with E-state index in [-0.39, 0.29) is 24.9 Å². The van der Waals surface area contributed by atoms with Crippen LogP contribution in [-0.2, 0) is 16.0 Å². The molecule has 25 heavy (non-hydrogen) atoms. The molecular formula is C18H24N4O2S. The number of thiazole rings is 1. The first-order valence-electron chi connectivity index (χ1n) is 8.25. The smallest absolute Gasteiger partial charge is 0.240 e. The zero-order chi connectivity index (χ0) is 18.2. The van der Waals surface area contributed by atoms with Gasteiger partial charge < -0.3 is 10.6 Å². The van der Waals surface area contributed by atoms with Crippen LogP contribution in [0.25, 0.3) is 11.3 Å². The number of rotatable bonds is 8. The number of nitrogens with zero attached hydrogens (tertiary/aromatic N) is 2. The Labute approximate surface area is 152 Å². The van der Waals surface area contributed by atoms with Gasteiger partial charge in [-0.05, 0) is 19.0 Å². The summed E-state index contributed by atoms with van der Waals surface area (Å²) in [6.45, 7) is 2.47. The predicted molar refractivity (Wildman–Crippen MR) is 102 cm³/mol. The van der Waals surface area contributed by atoms with Crippen molar-refractivity contribution in [1.29, 1.82) is 0 Å². The monoisotopic (exact) mass is 360 g/mol. The van der Waals surface area contributed by atoms with Gasteiger partial charge in [-0.2, -0.15) is 0 Å². The largest absolute Gasteiger partial charge is 0.358 e. The van der Waals surface area contributed by atoms with Crippen molar-refractivity contribution in [1.82, 2.24) is 15.2 Å². The first-order valence-corrected chi connectivity index (χ1v) is 9.13. The molecule has 0 atom stereocenters. The van der Waals surface area contributed by atoms with Crippen molar-refractivity contribution in [2.45, 2.75) is 19.8 Å². The lowest BCUT2D eigenvalue weighted by molar-refractivity contribution is -0.122. The van der Waals surface area contributed by atoms with Crippen LogP contribution in [0, 0.1) is 0 Å². The molecule has 2 amide bonds. The van der Waals surface area contributed by atoms with E-state index in [1.807, 2.05) is 5.38 Å². The van der Waals surface area contributed by atoms with Crippen molar-refractivity contribution in [2.75, 3.05) is 32.5 Å². The molecule has 0 spiro atoms. The molecule has 0 aliphatic rings. The van der Waals surface area contributed by atoms with Gasteiger partial charge in [-0.15, -0.1) is 11.3 Å². The van der Waals surface area contributed by atoms with Gasteiger partial charge in [0.15, 0.2) is 5.13 Å². The van der Waals surface area contributed by atoms with Crippen molar-refractivity contribution in [3.63, 3.8) is 0 Å². The summed E-state index contributed by atoms with van der Waals surface area (Å²) >= 11 is 1.39. The molecule has 7 heteroatoms. The molecule has 0 aliphatic carbocycles. The van der Waals surface area contributed by atoms with E-state index in [4.69, 9.17) is 0 Å². The number of hydrogen-bond acceptors (Lipinski definition) is 5. The molecule has 0 fully saturated rings. The molecule has 6 nitrogen and oxygen atoms in total. The Kier molecular flexibility index (Phi) is 7.09. The van der Waals surface area contributed by atoms with Crippen LogP contribution in [0.4, 0.5) is 5.13 Å². The number of benzene rings is 1. The van der Waals surface area contributed by atoms with Gasteiger partial charge in [0, 0.05) is 18.0 Å². The second kappa shape index (κ2) is 9.29. The molecule has 1 aromatic carbocycles. The van der Waals surface area contributed by atoms with E-state index in [1.54, 1.807) is 19.0 Å². The number of aromatic nitrogens is 1. The third kappa shape index (κ3) is 5.95. The number of likely N-dealkylation sites (N-methyl/N-ethyl adjacent to an activating group) is 2. The van der Waals surface area contributed by atoms with E-state index in [0.717, 1.165) is 24.1 Å². The lowest BCUT2D eigenvalue weighted by atomic mass is 10.1. The topological polar surface area (TPSA) is 74.3 Å². The fourth-order valence-corrected chi connectivity index (χ4v) is 3.11. The Balaban J connectivity index is 1.92. The standard InChI is InChI=1S/C18H24N4O2S/c1-4-5-13-6-8-14(9-7-13)15-12-25-18(20-15)21-17(24)11-22(3)10-16(23)19-2/h6-9,12H,4-5,10-11H2,1-3H3,(H,19,23)(H,20,21,24). The summed E-state index contributed by atoms with van der Waals surface area (Å²) in [4.78, 5) is 29.4. The molecule has 1 heterocycles. The van der Waals surface area contributed by atoms with Crippen LogP contribution >= 0.6 is 11.3 Å². The fraction of sp³-hybridized carbons (Fsp3) is 0.389. The van der Waals surface area contributed by atoms with Crippen LogP contribution in [0.3, 0.4) is 0 Å². The maximum Gasteiger partial charge on any atom is 0.240 e. The van der Waals surface area contributed by atoms with Crippen LogP contribution in [0.5, 0.6) is 0 Å². The number of anilines is 1. The minimum atomic E-state index is -0.189. The zero-order valence-corrected chi connectivity index (χ0v) is 15.7. The summed E-state index contributed by atoms with van der Waals surface area (Å²) in [5.74, 6) is -0.316. The van der Waals surface area contributed by atoms with Crippen LogP contribution in [0.1, 0.15) is 18.9 Å². The van der Waals surface area contributed by atoms with E-state index in [9.17, 15) is 9.59 Å². The number of hydrogen-bond donors (Lipinski definition) is 2. The Morgan fingerprint density at radius 2 is 1.84 bits per heavy atom. The fourth-order valence-electron chi connectivity index (χ4n) is 2.38. The van der Waals surface area contributed by atoms with Gasteiger partial charge in [-0.25, -0.2) is 4.98 Å². The Morgan fingerprint density at radius 3 is 2.48 bits per heavy atom. The summed E-state index contributed by atoms with van der Waals surface area (Å²) in [5, 5.41) is 7.80. The number of carbonyl (C=O) groups excluding carboxylic acids is 2. The molecule has 0 saturated carbocycles. The van der Waals surface area contributed by atoms with E-state index in [1.165, 1.54) is 16.9 Å². The highest BCUT2D eigenvalue weighted by Gasteiger charge is 2.12. The maximum atomic E-state index is 12.0. The Hall–Kier alpha value is -2.25. The van der Waals surface area contributed by atoms with Gasteiger partial charge >= 0.3 is 0 Å². The number of carbonyl (C=O) groups is 2. The van der Waals surface area contributed by atoms with Crippen molar-refractivity contribution in [3.8, 4) is 11.3 Å².